The molecule has 1 aromatic rings. The lowest BCUT2D eigenvalue weighted by atomic mass is 10.2. The molecule has 1 saturated heterocycles. The van der Waals surface area contributed by atoms with Gasteiger partial charge in [0.05, 0.1) is 11.4 Å². The maximum atomic E-state index is 2.51. The number of benzene rings is 1. The van der Waals surface area contributed by atoms with Crippen LogP contribution >= 0.6 is 0 Å². The zero-order valence-corrected chi connectivity index (χ0v) is 7.74. The zero-order chi connectivity index (χ0) is 8.67. The molecular formula is C11H14N2. The average Bonchev–Trinajstić information content (AvgIpc) is 2.52. The molecule has 2 nitrogen and oxygen atoms in total. The van der Waals surface area contributed by atoms with E-state index in [1.54, 1.807) is 0 Å². The molecule has 0 N–H and O–H groups in total. The van der Waals surface area contributed by atoms with Crippen molar-refractivity contribution >= 4 is 11.4 Å². The maximum Gasteiger partial charge on any atom is 0.0604 e. The lowest BCUT2D eigenvalue weighted by Crippen LogP contribution is -2.36. The molecular weight excluding hydrogens is 160 g/mol. The third-order valence-corrected chi connectivity index (χ3v) is 3.06. The van der Waals surface area contributed by atoms with Crippen LogP contribution < -0.4 is 9.80 Å². The third-order valence-electron chi connectivity index (χ3n) is 3.06. The van der Waals surface area contributed by atoms with Crippen LogP contribution in [-0.2, 0) is 0 Å². The van der Waals surface area contributed by atoms with E-state index >= 15 is 0 Å². The van der Waals surface area contributed by atoms with Crippen LogP contribution in [0.1, 0.15) is 6.42 Å². The van der Waals surface area contributed by atoms with Crippen LogP contribution in [0, 0.1) is 0 Å². The number of rotatable bonds is 0. The summed E-state index contributed by atoms with van der Waals surface area (Å²) in [6.45, 7) is 4.87. The van der Waals surface area contributed by atoms with E-state index in [4.69, 9.17) is 0 Å². The first-order chi connectivity index (χ1) is 6.45. The van der Waals surface area contributed by atoms with Crippen LogP contribution in [0.4, 0.5) is 11.4 Å². The lowest BCUT2D eigenvalue weighted by molar-refractivity contribution is 0.798. The summed E-state index contributed by atoms with van der Waals surface area (Å²) in [4.78, 5) is 5.03. The Bertz CT molecular complexity index is 287. The monoisotopic (exact) mass is 174 g/mol. The minimum absolute atomic E-state index is 1.21. The van der Waals surface area contributed by atoms with Crippen LogP contribution in [0.5, 0.6) is 0 Å². The summed E-state index contributed by atoms with van der Waals surface area (Å²) in [6.07, 6.45) is 1.30. The number of hydrogen-bond donors (Lipinski definition) is 0. The molecule has 3 heterocycles. The summed E-state index contributed by atoms with van der Waals surface area (Å²) >= 11 is 0. The molecule has 2 bridgehead atoms. The van der Waals surface area contributed by atoms with Gasteiger partial charge in [-0.1, -0.05) is 12.1 Å². The zero-order valence-electron chi connectivity index (χ0n) is 7.74. The molecule has 0 radical (unpaired) electrons. The van der Waals surface area contributed by atoms with Crippen molar-refractivity contribution in [2.75, 3.05) is 36.0 Å². The highest BCUT2D eigenvalue weighted by atomic mass is 15.3. The largest absolute Gasteiger partial charge is 0.368 e. The third kappa shape index (κ3) is 1.01. The molecule has 13 heavy (non-hydrogen) atoms. The molecule has 4 rings (SSSR count). The second-order valence-electron chi connectivity index (χ2n) is 3.82. The number of anilines is 2. The molecule has 2 heteroatoms. The number of fused-ring (bicyclic) bond motifs is 3. The summed E-state index contributed by atoms with van der Waals surface area (Å²) in [7, 11) is 0. The molecule has 1 aromatic carbocycles. The van der Waals surface area contributed by atoms with E-state index in [0.29, 0.717) is 0 Å². The Kier molecular flexibility index (Phi) is 1.48. The highest BCUT2D eigenvalue weighted by Crippen LogP contribution is 2.34. The Morgan fingerprint density at radius 2 is 1.31 bits per heavy atom. The molecule has 68 valence electrons. The predicted molar refractivity (Wildman–Crippen MR) is 55.5 cm³/mol. The van der Waals surface area contributed by atoms with Crippen molar-refractivity contribution in [2.24, 2.45) is 0 Å². The smallest absolute Gasteiger partial charge is 0.0604 e. The fourth-order valence-corrected chi connectivity index (χ4v) is 2.40. The van der Waals surface area contributed by atoms with Crippen molar-refractivity contribution in [3.05, 3.63) is 24.3 Å². The molecule has 0 aromatic heterocycles. The van der Waals surface area contributed by atoms with Gasteiger partial charge in [0.25, 0.3) is 0 Å². The minimum Gasteiger partial charge on any atom is -0.368 e. The molecule has 3 aliphatic heterocycles. The van der Waals surface area contributed by atoms with Gasteiger partial charge in [-0.2, -0.15) is 0 Å². The second-order valence-corrected chi connectivity index (χ2v) is 3.82. The number of para-hydroxylation sites is 2. The van der Waals surface area contributed by atoms with Gasteiger partial charge in [0.15, 0.2) is 0 Å². The van der Waals surface area contributed by atoms with Crippen LogP contribution in [-0.4, -0.2) is 26.2 Å². The average molecular weight is 174 g/mol. The summed E-state index contributed by atoms with van der Waals surface area (Å²) in [5.74, 6) is 0. The molecule has 0 spiro atoms. The van der Waals surface area contributed by atoms with E-state index in [-0.39, 0.29) is 0 Å². The fraction of sp³-hybridized carbons (Fsp3) is 0.455. The fourth-order valence-electron chi connectivity index (χ4n) is 2.40. The van der Waals surface area contributed by atoms with Crippen LogP contribution in [0.2, 0.25) is 0 Å². The molecule has 0 aliphatic carbocycles. The second kappa shape index (κ2) is 2.66. The van der Waals surface area contributed by atoms with Crippen molar-refractivity contribution in [3.63, 3.8) is 0 Å². The normalized spacial score (nSPS) is 20.0. The van der Waals surface area contributed by atoms with Crippen LogP contribution in [0.3, 0.4) is 0 Å². The van der Waals surface area contributed by atoms with Crippen molar-refractivity contribution in [1.82, 2.24) is 0 Å². The quantitative estimate of drug-likeness (QED) is 0.591. The van der Waals surface area contributed by atoms with Gasteiger partial charge in [-0.3, -0.25) is 0 Å². The minimum atomic E-state index is 1.21. The molecule has 0 atom stereocenters. The van der Waals surface area contributed by atoms with Crippen molar-refractivity contribution in [2.45, 2.75) is 6.42 Å². The number of hydrogen-bond acceptors (Lipinski definition) is 2. The number of nitrogens with zero attached hydrogens (tertiary/aromatic N) is 2. The molecule has 3 aliphatic rings. The Balaban J connectivity index is 2.15. The van der Waals surface area contributed by atoms with Crippen LogP contribution in [0.15, 0.2) is 24.3 Å². The van der Waals surface area contributed by atoms with E-state index in [1.807, 2.05) is 0 Å². The van der Waals surface area contributed by atoms with E-state index < -0.39 is 0 Å². The molecule has 1 fully saturated rings. The molecule has 0 unspecified atom stereocenters. The van der Waals surface area contributed by atoms with Gasteiger partial charge in [-0.15, -0.1) is 0 Å². The summed E-state index contributed by atoms with van der Waals surface area (Å²) in [5, 5.41) is 0. The molecule has 0 saturated carbocycles. The van der Waals surface area contributed by atoms with E-state index in [2.05, 4.69) is 34.1 Å². The first kappa shape index (κ1) is 7.25. The SMILES string of the molecule is c1ccc2c(c1)N1CCCN2CC1. The highest BCUT2D eigenvalue weighted by molar-refractivity contribution is 5.74. The summed E-state index contributed by atoms with van der Waals surface area (Å²) in [5.41, 5.74) is 2.87. The Morgan fingerprint density at radius 1 is 0.769 bits per heavy atom. The summed E-state index contributed by atoms with van der Waals surface area (Å²) in [6, 6.07) is 8.76. The topological polar surface area (TPSA) is 6.48 Å². The lowest BCUT2D eigenvalue weighted by Gasteiger charge is -2.34. The first-order valence-corrected chi connectivity index (χ1v) is 5.04. The van der Waals surface area contributed by atoms with Gasteiger partial charge in [0, 0.05) is 26.2 Å². The van der Waals surface area contributed by atoms with E-state index in [1.165, 1.54) is 44.0 Å². The van der Waals surface area contributed by atoms with Crippen molar-refractivity contribution in [1.29, 1.82) is 0 Å². The van der Waals surface area contributed by atoms with Gasteiger partial charge in [0.1, 0.15) is 0 Å². The van der Waals surface area contributed by atoms with Crippen LogP contribution in [0.25, 0.3) is 0 Å². The van der Waals surface area contributed by atoms with E-state index in [9.17, 15) is 0 Å². The van der Waals surface area contributed by atoms with Gasteiger partial charge in [0.2, 0.25) is 0 Å². The maximum absolute atomic E-state index is 2.51. The highest BCUT2D eigenvalue weighted by Gasteiger charge is 2.24. The van der Waals surface area contributed by atoms with Gasteiger partial charge in [-0.25, -0.2) is 0 Å². The Hall–Kier alpha value is -1.18. The van der Waals surface area contributed by atoms with Gasteiger partial charge in [-0.05, 0) is 18.6 Å². The Morgan fingerprint density at radius 3 is 1.85 bits per heavy atom. The predicted octanol–water partition coefficient (Wildman–Crippen LogP) is 1.72. The first-order valence-electron chi connectivity index (χ1n) is 5.04. The Labute approximate surface area is 78.8 Å². The summed E-state index contributed by atoms with van der Waals surface area (Å²) < 4.78 is 0. The van der Waals surface area contributed by atoms with Gasteiger partial charge >= 0.3 is 0 Å². The van der Waals surface area contributed by atoms with Gasteiger partial charge < -0.3 is 9.80 Å². The molecule has 0 amide bonds. The van der Waals surface area contributed by atoms with Crippen molar-refractivity contribution < 1.29 is 0 Å². The standard InChI is InChI=1S/C11H14N2/c1-2-5-11-10(4-1)12-6-3-7-13(11)9-8-12/h1-2,4-5H,3,6-9H2. The van der Waals surface area contributed by atoms with E-state index in [0.717, 1.165) is 0 Å². The van der Waals surface area contributed by atoms with Crippen molar-refractivity contribution in [3.8, 4) is 0 Å².